The number of aromatic nitrogens is 1. The molecule has 0 saturated carbocycles. The van der Waals surface area contributed by atoms with E-state index in [2.05, 4.69) is 4.98 Å². The number of methoxy groups -OCH3 is 3. The summed E-state index contributed by atoms with van der Waals surface area (Å²) in [4.78, 5) is 30.8. The molecular formula is C22H22N2O5. The molecule has 150 valence electrons. The maximum absolute atomic E-state index is 13.3. The van der Waals surface area contributed by atoms with Gasteiger partial charge in [0.05, 0.1) is 27.9 Å². The number of ether oxygens (including phenoxy) is 3. The minimum atomic E-state index is -0.702. The Morgan fingerprint density at radius 2 is 1.79 bits per heavy atom. The molecule has 0 saturated heterocycles. The number of nitrogens with zero attached hydrogens (tertiary/aromatic N) is 1. The summed E-state index contributed by atoms with van der Waals surface area (Å²) in [5.74, 6) is 0.279. The number of para-hydroxylation sites is 1. The smallest absolute Gasteiger partial charge is 0.328 e. The summed E-state index contributed by atoms with van der Waals surface area (Å²) in [6.07, 6.45) is 0.394. The predicted molar refractivity (Wildman–Crippen MR) is 107 cm³/mol. The fourth-order valence-electron chi connectivity index (χ4n) is 3.90. The lowest BCUT2D eigenvalue weighted by atomic mass is 9.95. The van der Waals surface area contributed by atoms with Crippen molar-refractivity contribution in [1.29, 1.82) is 0 Å². The summed E-state index contributed by atoms with van der Waals surface area (Å²) in [5, 5.41) is 1.06. The van der Waals surface area contributed by atoms with E-state index in [-0.39, 0.29) is 12.5 Å². The fourth-order valence-corrected chi connectivity index (χ4v) is 3.90. The first-order valence-electron chi connectivity index (χ1n) is 9.26. The third kappa shape index (κ3) is 3.18. The van der Waals surface area contributed by atoms with Crippen LogP contribution in [0.5, 0.6) is 11.5 Å². The number of fused-ring (bicyclic) bond motifs is 3. The first kappa shape index (κ1) is 18.9. The first-order valence-corrected chi connectivity index (χ1v) is 9.26. The van der Waals surface area contributed by atoms with E-state index in [1.165, 1.54) is 21.3 Å². The summed E-state index contributed by atoms with van der Waals surface area (Å²) in [7, 11) is 4.39. The van der Waals surface area contributed by atoms with E-state index in [1.54, 1.807) is 23.1 Å². The summed E-state index contributed by atoms with van der Waals surface area (Å²) >= 11 is 0. The fraction of sp³-hybridized carbons (Fsp3) is 0.273. The van der Waals surface area contributed by atoms with Crippen molar-refractivity contribution in [2.24, 2.45) is 0 Å². The molecule has 29 heavy (non-hydrogen) atoms. The molecule has 1 unspecified atom stereocenters. The van der Waals surface area contributed by atoms with E-state index >= 15 is 0 Å². The highest BCUT2D eigenvalue weighted by Crippen LogP contribution is 2.33. The van der Waals surface area contributed by atoms with Gasteiger partial charge in [-0.25, -0.2) is 4.79 Å². The number of benzene rings is 2. The van der Waals surface area contributed by atoms with Crippen LogP contribution in [0.2, 0.25) is 0 Å². The molecule has 7 nitrogen and oxygen atoms in total. The van der Waals surface area contributed by atoms with Gasteiger partial charge in [0.25, 0.3) is 5.91 Å². The van der Waals surface area contributed by atoms with Crippen LogP contribution in [0, 0.1) is 0 Å². The van der Waals surface area contributed by atoms with E-state index in [4.69, 9.17) is 14.2 Å². The molecular weight excluding hydrogens is 372 g/mol. The molecule has 1 aromatic heterocycles. The van der Waals surface area contributed by atoms with Crippen LogP contribution in [0.15, 0.2) is 42.5 Å². The number of esters is 1. The van der Waals surface area contributed by atoms with Gasteiger partial charge in [-0.15, -0.1) is 0 Å². The molecule has 2 aromatic carbocycles. The standard InChI is InChI=1S/C22H22N2O5/c1-27-19-9-8-13(10-20(19)28-2)21(25)24-12-17-15(11-18(24)22(26)29-3)14-6-4-5-7-16(14)23-17/h4-10,18,23H,11-12H2,1-3H3. The van der Waals surface area contributed by atoms with Gasteiger partial charge in [0, 0.05) is 28.6 Å². The first-order chi connectivity index (χ1) is 14.1. The average molecular weight is 394 g/mol. The van der Waals surface area contributed by atoms with Gasteiger partial charge in [0.1, 0.15) is 6.04 Å². The van der Waals surface area contributed by atoms with Crippen LogP contribution in [0.25, 0.3) is 10.9 Å². The number of carbonyl (C=O) groups is 2. The van der Waals surface area contributed by atoms with Gasteiger partial charge in [-0.2, -0.15) is 0 Å². The molecule has 0 aliphatic carbocycles. The molecule has 2 heterocycles. The van der Waals surface area contributed by atoms with Gasteiger partial charge in [0.2, 0.25) is 0 Å². The number of nitrogens with one attached hydrogen (secondary N) is 1. The van der Waals surface area contributed by atoms with Crippen LogP contribution < -0.4 is 9.47 Å². The molecule has 1 N–H and O–H groups in total. The number of H-pyrrole nitrogens is 1. The van der Waals surface area contributed by atoms with Crippen LogP contribution in [0.3, 0.4) is 0 Å². The largest absolute Gasteiger partial charge is 0.493 e. The maximum Gasteiger partial charge on any atom is 0.328 e. The van der Waals surface area contributed by atoms with Crippen LogP contribution in [-0.4, -0.2) is 49.1 Å². The molecule has 0 spiro atoms. The van der Waals surface area contributed by atoms with Crippen molar-refractivity contribution >= 4 is 22.8 Å². The number of carbonyl (C=O) groups excluding carboxylic acids is 2. The second-order valence-electron chi connectivity index (χ2n) is 6.87. The lowest BCUT2D eigenvalue weighted by Crippen LogP contribution is -2.49. The highest BCUT2D eigenvalue weighted by atomic mass is 16.5. The molecule has 1 amide bonds. The molecule has 0 bridgehead atoms. The second-order valence-corrected chi connectivity index (χ2v) is 6.87. The highest BCUT2D eigenvalue weighted by molar-refractivity contribution is 5.98. The Balaban J connectivity index is 1.74. The van der Waals surface area contributed by atoms with E-state index < -0.39 is 12.0 Å². The van der Waals surface area contributed by atoms with Crippen molar-refractivity contribution in [2.45, 2.75) is 19.0 Å². The van der Waals surface area contributed by atoms with E-state index in [9.17, 15) is 9.59 Å². The maximum atomic E-state index is 13.3. The zero-order chi connectivity index (χ0) is 20.5. The average Bonchev–Trinajstić information content (AvgIpc) is 3.14. The molecule has 4 rings (SSSR count). The van der Waals surface area contributed by atoms with Gasteiger partial charge < -0.3 is 24.1 Å². The van der Waals surface area contributed by atoms with Gasteiger partial charge in [-0.05, 0) is 29.8 Å². The minimum Gasteiger partial charge on any atom is -0.493 e. The highest BCUT2D eigenvalue weighted by Gasteiger charge is 2.37. The van der Waals surface area contributed by atoms with Gasteiger partial charge in [-0.3, -0.25) is 4.79 Å². The Morgan fingerprint density at radius 1 is 1.03 bits per heavy atom. The minimum absolute atomic E-state index is 0.273. The van der Waals surface area contributed by atoms with Gasteiger partial charge in [-0.1, -0.05) is 18.2 Å². The van der Waals surface area contributed by atoms with Crippen LogP contribution in [0.4, 0.5) is 0 Å². The Kier molecular flexibility index (Phi) is 4.88. The Labute approximate surface area is 168 Å². The number of hydrogen-bond acceptors (Lipinski definition) is 5. The Bertz CT molecular complexity index is 1090. The van der Waals surface area contributed by atoms with E-state index in [1.807, 2.05) is 24.3 Å². The predicted octanol–water partition coefficient (Wildman–Crippen LogP) is 2.93. The number of hydrogen-bond donors (Lipinski definition) is 1. The molecule has 0 radical (unpaired) electrons. The van der Waals surface area contributed by atoms with Gasteiger partial charge in [0.15, 0.2) is 11.5 Å². The molecule has 0 fully saturated rings. The van der Waals surface area contributed by atoms with Crippen LogP contribution in [0.1, 0.15) is 21.6 Å². The molecule has 7 heteroatoms. The SMILES string of the molecule is COC(=O)C1Cc2c([nH]c3ccccc23)CN1C(=O)c1ccc(OC)c(OC)c1. The number of rotatable bonds is 4. The van der Waals surface area contributed by atoms with Crippen LogP contribution >= 0.6 is 0 Å². The van der Waals surface area contributed by atoms with Crippen molar-refractivity contribution < 1.29 is 23.8 Å². The monoisotopic (exact) mass is 394 g/mol. The third-order valence-corrected chi connectivity index (χ3v) is 5.37. The van der Waals surface area contributed by atoms with E-state index in [0.717, 1.165) is 22.2 Å². The lowest BCUT2D eigenvalue weighted by Gasteiger charge is -2.34. The topological polar surface area (TPSA) is 80.9 Å². The normalized spacial score (nSPS) is 15.7. The quantitative estimate of drug-likeness (QED) is 0.688. The third-order valence-electron chi connectivity index (χ3n) is 5.37. The summed E-state index contributed by atoms with van der Waals surface area (Å²) in [6.45, 7) is 0.289. The van der Waals surface area contributed by atoms with Crippen molar-refractivity contribution in [1.82, 2.24) is 9.88 Å². The van der Waals surface area contributed by atoms with Gasteiger partial charge >= 0.3 is 5.97 Å². The van der Waals surface area contributed by atoms with Crippen molar-refractivity contribution in [2.75, 3.05) is 21.3 Å². The number of aromatic amines is 1. The molecule has 1 aliphatic heterocycles. The molecule has 1 atom stereocenters. The summed E-state index contributed by atoms with van der Waals surface area (Å²) in [6, 6.07) is 12.2. The molecule has 3 aromatic rings. The molecule has 1 aliphatic rings. The zero-order valence-electron chi connectivity index (χ0n) is 16.5. The van der Waals surface area contributed by atoms with Crippen molar-refractivity contribution in [3.05, 3.63) is 59.3 Å². The summed E-state index contributed by atoms with van der Waals surface area (Å²) in [5.41, 5.74) is 3.38. The Hall–Kier alpha value is -3.48. The van der Waals surface area contributed by atoms with Crippen molar-refractivity contribution in [3.8, 4) is 11.5 Å². The van der Waals surface area contributed by atoms with Crippen LogP contribution in [-0.2, 0) is 22.5 Å². The zero-order valence-corrected chi connectivity index (χ0v) is 16.5. The van der Waals surface area contributed by atoms with E-state index in [0.29, 0.717) is 23.5 Å². The Morgan fingerprint density at radius 3 is 2.52 bits per heavy atom. The summed E-state index contributed by atoms with van der Waals surface area (Å²) < 4.78 is 15.6. The second kappa shape index (κ2) is 7.50. The number of amides is 1. The van der Waals surface area contributed by atoms with Crippen molar-refractivity contribution in [3.63, 3.8) is 0 Å². The lowest BCUT2D eigenvalue weighted by molar-refractivity contribution is -0.146.